The molecule has 0 saturated heterocycles. The topological polar surface area (TPSA) is 47.8 Å². The fraction of sp³-hybridized carbons (Fsp3) is 0.208. The van der Waals surface area contributed by atoms with Crippen LogP contribution in [0.5, 0.6) is 0 Å². The second-order valence-electron chi connectivity index (χ2n) is 7.23. The summed E-state index contributed by atoms with van der Waals surface area (Å²) in [4.78, 5) is 0. The molecule has 0 atom stereocenters. The predicted octanol–water partition coefficient (Wildman–Crippen LogP) is 6.59. The van der Waals surface area contributed by atoms with E-state index in [0.29, 0.717) is 5.56 Å². The quantitative estimate of drug-likeness (QED) is 0.555. The molecule has 0 aliphatic heterocycles. The highest BCUT2D eigenvalue weighted by atomic mass is 14.9. The number of aryl methyl sites for hydroxylation is 5. The molecule has 0 fully saturated rings. The van der Waals surface area contributed by atoms with Gasteiger partial charge in [0.2, 0.25) is 0 Å². The lowest BCUT2D eigenvalue weighted by Crippen LogP contribution is -2.02. The van der Waals surface area contributed by atoms with Gasteiger partial charge >= 0.3 is 0 Å². The maximum absolute atomic E-state index is 9.86. The molecule has 3 aromatic rings. The number of benzene rings is 3. The Bertz CT molecular complexity index is 967. The summed E-state index contributed by atoms with van der Waals surface area (Å²) in [6.45, 7) is 10.3. The Morgan fingerprint density at radius 2 is 1.00 bits per heavy atom. The van der Waals surface area contributed by atoms with Crippen molar-refractivity contribution in [3.05, 3.63) is 81.9 Å². The molecule has 27 heavy (non-hydrogen) atoms. The van der Waals surface area contributed by atoms with Crippen LogP contribution in [0.2, 0.25) is 0 Å². The van der Waals surface area contributed by atoms with E-state index in [2.05, 4.69) is 80.8 Å². The van der Waals surface area contributed by atoms with Crippen molar-refractivity contribution in [3.63, 3.8) is 0 Å². The summed E-state index contributed by atoms with van der Waals surface area (Å²) in [7, 11) is 0. The van der Waals surface area contributed by atoms with Gasteiger partial charge in [-0.1, -0.05) is 24.3 Å². The van der Waals surface area contributed by atoms with Crippen LogP contribution in [0, 0.1) is 45.9 Å². The number of hydrogen-bond acceptors (Lipinski definition) is 3. The first kappa shape index (κ1) is 18.5. The molecule has 3 nitrogen and oxygen atoms in total. The largest absolute Gasteiger partial charge is 0.354 e. The van der Waals surface area contributed by atoms with Crippen molar-refractivity contribution in [2.45, 2.75) is 34.6 Å². The molecule has 0 heterocycles. The molecular weight excluding hydrogens is 330 g/mol. The molecule has 3 rings (SSSR count). The molecule has 0 saturated carbocycles. The van der Waals surface area contributed by atoms with E-state index < -0.39 is 0 Å². The van der Waals surface area contributed by atoms with Crippen LogP contribution in [-0.4, -0.2) is 0 Å². The summed E-state index contributed by atoms with van der Waals surface area (Å²) in [5.41, 5.74) is 10.1. The van der Waals surface area contributed by atoms with Gasteiger partial charge in [-0.2, -0.15) is 5.26 Å². The lowest BCUT2D eigenvalue weighted by atomic mass is 10.0. The van der Waals surface area contributed by atoms with Crippen molar-refractivity contribution in [2.75, 3.05) is 10.6 Å². The van der Waals surface area contributed by atoms with E-state index in [9.17, 15) is 5.26 Å². The Labute approximate surface area is 161 Å². The third-order valence-electron chi connectivity index (χ3n) is 4.72. The first-order valence-electron chi connectivity index (χ1n) is 9.10. The van der Waals surface area contributed by atoms with E-state index >= 15 is 0 Å². The molecular formula is C24H25N3. The SMILES string of the molecule is Cc1ccc(C)c(Nc2cc(C)cc(Nc3cc(C)ccc3C)c2C#N)c1. The Kier molecular flexibility index (Phi) is 5.19. The Morgan fingerprint density at radius 1 is 0.593 bits per heavy atom. The van der Waals surface area contributed by atoms with Gasteiger partial charge in [-0.05, 0) is 86.7 Å². The van der Waals surface area contributed by atoms with Crippen LogP contribution < -0.4 is 10.6 Å². The van der Waals surface area contributed by atoms with Crippen LogP contribution in [0.3, 0.4) is 0 Å². The molecule has 0 spiro atoms. The summed E-state index contributed by atoms with van der Waals surface area (Å²) in [5, 5.41) is 16.8. The van der Waals surface area contributed by atoms with Gasteiger partial charge in [-0.25, -0.2) is 0 Å². The van der Waals surface area contributed by atoms with Gasteiger partial charge in [0.05, 0.1) is 16.9 Å². The third kappa shape index (κ3) is 4.12. The molecule has 3 heteroatoms. The van der Waals surface area contributed by atoms with Crippen LogP contribution >= 0.6 is 0 Å². The minimum Gasteiger partial charge on any atom is -0.354 e. The van der Waals surface area contributed by atoms with Crippen LogP contribution in [0.15, 0.2) is 48.5 Å². The zero-order valence-electron chi connectivity index (χ0n) is 16.6. The zero-order valence-corrected chi connectivity index (χ0v) is 16.6. The smallest absolute Gasteiger partial charge is 0.104 e. The second-order valence-corrected chi connectivity index (χ2v) is 7.23. The van der Waals surface area contributed by atoms with Crippen LogP contribution in [0.25, 0.3) is 0 Å². The van der Waals surface area contributed by atoms with Gasteiger partial charge in [-0.15, -0.1) is 0 Å². The van der Waals surface area contributed by atoms with Crippen molar-refractivity contribution in [3.8, 4) is 6.07 Å². The monoisotopic (exact) mass is 355 g/mol. The van der Waals surface area contributed by atoms with Gasteiger partial charge in [0.25, 0.3) is 0 Å². The molecule has 2 N–H and O–H groups in total. The van der Waals surface area contributed by atoms with Crippen LogP contribution in [-0.2, 0) is 0 Å². The Hall–Kier alpha value is -3.25. The van der Waals surface area contributed by atoms with Crippen molar-refractivity contribution in [1.29, 1.82) is 5.26 Å². The van der Waals surface area contributed by atoms with E-state index in [1.807, 2.05) is 19.1 Å². The highest BCUT2D eigenvalue weighted by molar-refractivity contribution is 5.80. The molecule has 3 aromatic carbocycles. The van der Waals surface area contributed by atoms with Crippen molar-refractivity contribution in [1.82, 2.24) is 0 Å². The van der Waals surface area contributed by atoms with Crippen molar-refractivity contribution in [2.24, 2.45) is 0 Å². The number of nitrogens with one attached hydrogen (secondary N) is 2. The maximum Gasteiger partial charge on any atom is 0.104 e. The average molecular weight is 355 g/mol. The number of anilines is 4. The number of hydrogen-bond donors (Lipinski definition) is 2. The lowest BCUT2D eigenvalue weighted by Gasteiger charge is -2.17. The molecule has 0 radical (unpaired) electrons. The van der Waals surface area contributed by atoms with Gasteiger partial charge < -0.3 is 10.6 Å². The van der Waals surface area contributed by atoms with E-state index in [-0.39, 0.29) is 0 Å². The summed E-state index contributed by atoms with van der Waals surface area (Å²) >= 11 is 0. The summed E-state index contributed by atoms with van der Waals surface area (Å²) < 4.78 is 0. The van der Waals surface area contributed by atoms with E-state index in [1.165, 1.54) is 11.1 Å². The second kappa shape index (κ2) is 7.55. The highest BCUT2D eigenvalue weighted by Crippen LogP contribution is 2.33. The highest BCUT2D eigenvalue weighted by Gasteiger charge is 2.12. The standard InChI is InChI=1S/C24H25N3/c1-15-6-8-18(4)21(10-15)26-23-12-17(3)13-24(20(23)14-25)27-22-11-16(2)7-9-19(22)5/h6-13,26-27H,1-5H3. The van der Waals surface area contributed by atoms with E-state index in [1.54, 1.807) is 0 Å². The minimum absolute atomic E-state index is 0.613. The fourth-order valence-corrected chi connectivity index (χ4v) is 3.14. The van der Waals surface area contributed by atoms with Crippen LogP contribution in [0.1, 0.15) is 33.4 Å². The van der Waals surface area contributed by atoms with E-state index in [0.717, 1.165) is 39.4 Å². The number of nitrogens with zero attached hydrogens (tertiary/aromatic N) is 1. The van der Waals surface area contributed by atoms with Gasteiger partial charge in [0, 0.05) is 11.4 Å². The maximum atomic E-state index is 9.86. The average Bonchev–Trinajstić information content (AvgIpc) is 2.61. The first-order valence-corrected chi connectivity index (χ1v) is 9.10. The lowest BCUT2D eigenvalue weighted by molar-refractivity contribution is 1.34. The summed E-state index contributed by atoms with van der Waals surface area (Å²) in [6, 6.07) is 19.0. The van der Waals surface area contributed by atoms with Gasteiger partial charge in [0.1, 0.15) is 6.07 Å². The summed E-state index contributed by atoms with van der Waals surface area (Å²) in [5.74, 6) is 0. The van der Waals surface area contributed by atoms with Gasteiger partial charge in [0.15, 0.2) is 0 Å². The molecule has 0 aliphatic rings. The fourth-order valence-electron chi connectivity index (χ4n) is 3.14. The molecule has 136 valence electrons. The molecule has 0 unspecified atom stereocenters. The van der Waals surface area contributed by atoms with Crippen molar-refractivity contribution < 1.29 is 0 Å². The molecule has 0 bridgehead atoms. The normalized spacial score (nSPS) is 10.4. The van der Waals surface area contributed by atoms with Crippen molar-refractivity contribution >= 4 is 22.7 Å². The van der Waals surface area contributed by atoms with E-state index in [4.69, 9.17) is 0 Å². The third-order valence-corrected chi connectivity index (χ3v) is 4.72. The molecule has 0 amide bonds. The Morgan fingerprint density at radius 3 is 1.41 bits per heavy atom. The van der Waals surface area contributed by atoms with Crippen LogP contribution in [0.4, 0.5) is 22.7 Å². The minimum atomic E-state index is 0.613. The zero-order chi connectivity index (χ0) is 19.6. The number of nitriles is 1. The predicted molar refractivity (Wildman–Crippen MR) is 114 cm³/mol. The summed E-state index contributed by atoms with van der Waals surface area (Å²) in [6.07, 6.45) is 0. The van der Waals surface area contributed by atoms with Gasteiger partial charge in [-0.3, -0.25) is 0 Å². The molecule has 0 aromatic heterocycles. The number of rotatable bonds is 4. The first-order chi connectivity index (χ1) is 12.9. The molecule has 0 aliphatic carbocycles. The Balaban J connectivity index is 2.05.